The molecule has 148 valence electrons. The maximum atomic E-state index is 13.6. The lowest BCUT2D eigenvalue weighted by molar-refractivity contribution is 0.104. The number of nitrogens with zero attached hydrogens (tertiary/aromatic N) is 2. The topological polar surface area (TPSA) is 58.4 Å². The summed E-state index contributed by atoms with van der Waals surface area (Å²) in [5.41, 5.74) is 6.85. The van der Waals surface area contributed by atoms with Crippen LogP contribution in [0, 0.1) is 6.92 Å². The largest absolute Gasteiger partial charge is 0.370 e. The summed E-state index contributed by atoms with van der Waals surface area (Å²) in [7, 11) is 0. The minimum atomic E-state index is 0.00959. The third kappa shape index (κ3) is 2.41. The molecule has 4 aromatic rings. The molecule has 1 aliphatic carbocycles. The average molecular weight is 395 g/mol. The zero-order chi connectivity index (χ0) is 20.2. The summed E-state index contributed by atoms with van der Waals surface area (Å²) in [6.45, 7) is 4.05. The average Bonchev–Trinajstić information content (AvgIpc) is 3.45. The van der Waals surface area contributed by atoms with Gasteiger partial charge in [0, 0.05) is 29.9 Å². The molecule has 1 aliphatic heterocycles. The van der Waals surface area contributed by atoms with Crippen LogP contribution in [-0.2, 0) is 0 Å². The Bertz CT molecular complexity index is 1320. The highest BCUT2D eigenvalue weighted by atomic mass is 16.5. The number of hydrogen-bond acceptors (Lipinski definition) is 5. The monoisotopic (exact) mass is 395 g/mol. The molecule has 1 fully saturated rings. The van der Waals surface area contributed by atoms with Gasteiger partial charge in [-0.1, -0.05) is 47.6 Å². The van der Waals surface area contributed by atoms with E-state index in [-0.39, 0.29) is 5.78 Å². The number of aryl methyl sites for hydroxylation is 1. The molecule has 1 N–H and O–H groups in total. The van der Waals surface area contributed by atoms with Gasteiger partial charge < -0.3 is 14.7 Å². The SMILES string of the molecule is Cc1ccccc1Nc1cc(N2CCCC2)c2noc3c2c1C(=O)c1ccccc1-3. The molecule has 0 radical (unpaired) electrons. The number of para-hydroxylation sites is 1. The number of rotatable bonds is 3. The lowest BCUT2D eigenvalue weighted by Gasteiger charge is -2.23. The smallest absolute Gasteiger partial charge is 0.196 e. The molecule has 5 nitrogen and oxygen atoms in total. The highest BCUT2D eigenvalue weighted by Crippen LogP contribution is 2.46. The molecule has 0 atom stereocenters. The molecule has 0 spiro atoms. The Labute approximate surface area is 174 Å². The number of nitrogens with one attached hydrogen (secondary N) is 1. The zero-order valence-corrected chi connectivity index (χ0v) is 16.7. The van der Waals surface area contributed by atoms with E-state index in [4.69, 9.17) is 4.52 Å². The molecule has 2 heterocycles. The molecule has 1 saturated heterocycles. The second-order valence-corrected chi connectivity index (χ2v) is 8.06. The van der Waals surface area contributed by atoms with Crippen molar-refractivity contribution in [2.24, 2.45) is 0 Å². The predicted octanol–water partition coefficient (Wildman–Crippen LogP) is 5.69. The first kappa shape index (κ1) is 17.3. The molecule has 6 rings (SSSR count). The van der Waals surface area contributed by atoms with Crippen LogP contribution < -0.4 is 10.2 Å². The number of fused-ring (bicyclic) bond motifs is 2. The van der Waals surface area contributed by atoms with E-state index >= 15 is 0 Å². The summed E-state index contributed by atoms with van der Waals surface area (Å²) in [4.78, 5) is 15.9. The van der Waals surface area contributed by atoms with Crippen LogP contribution in [0.3, 0.4) is 0 Å². The molecular weight excluding hydrogens is 374 g/mol. The fraction of sp³-hybridized carbons (Fsp3) is 0.200. The molecule has 0 unspecified atom stereocenters. The molecular formula is C25H21N3O2. The van der Waals surface area contributed by atoms with Crippen molar-refractivity contribution in [3.8, 4) is 11.3 Å². The van der Waals surface area contributed by atoms with Crippen molar-refractivity contribution >= 4 is 33.7 Å². The van der Waals surface area contributed by atoms with Crippen LogP contribution in [0.1, 0.15) is 34.3 Å². The van der Waals surface area contributed by atoms with Crippen molar-refractivity contribution in [2.45, 2.75) is 19.8 Å². The fourth-order valence-electron chi connectivity index (χ4n) is 4.70. The Morgan fingerprint density at radius 1 is 0.967 bits per heavy atom. The summed E-state index contributed by atoms with van der Waals surface area (Å²) < 4.78 is 5.84. The number of carbonyl (C=O) groups excluding carboxylic acids is 1. The van der Waals surface area contributed by atoms with Crippen molar-refractivity contribution in [1.82, 2.24) is 5.16 Å². The second kappa shape index (κ2) is 6.46. The molecule has 3 aromatic carbocycles. The standard InChI is InChI=1S/C25H21N3O2/c1-15-8-2-5-11-18(15)26-19-14-20(28-12-6-7-13-28)23-22-21(19)24(29)16-9-3-4-10-17(16)25(22)30-27-23/h2-5,8-11,14,26H,6-7,12-13H2,1H3. The molecule has 30 heavy (non-hydrogen) atoms. The summed E-state index contributed by atoms with van der Waals surface area (Å²) in [5.74, 6) is 0.694. The quantitative estimate of drug-likeness (QED) is 0.425. The predicted molar refractivity (Wildman–Crippen MR) is 119 cm³/mol. The van der Waals surface area contributed by atoms with Crippen LogP contribution in [0.4, 0.5) is 17.1 Å². The lowest BCUT2D eigenvalue weighted by atomic mass is 9.86. The zero-order valence-electron chi connectivity index (χ0n) is 16.7. The van der Waals surface area contributed by atoms with E-state index in [9.17, 15) is 4.79 Å². The van der Waals surface area contributed by atoms with Gasteiger partial charge in [-0.3, -0.25) is 4.79 Å². The van der Waals surface area contributed by atoms with Crippen LogP contribution in [0.5, 0.6) is 0 Å². The summed E-state index contributed by atoms with van der Waals surface area (Å²) in [6.07, 6.45) is 2.33. The first-order valence-electron chi connectivity index (χ1n) is 10.4. The van der Waals surface area contributed by atoms with Crippen LogP contribution in [0.25, 0.3) is 22.2 Å². The highest BCUT2D eigenvalue weighted by molar-refractivity contribution is 6.28. The van der Waals surface area contributed by atoms with E-state index in [1.54, 1.807) is 0 Å². The Balaban J connectivity index is 1.65. The molecule has 2 aliphatic rings. The van der Waals surface area contributed by atoms with Crippen LogP contribution >= 0.6 is 0 Å². The van der Waals surface area contributed by atoms with Crippen molar-refractivity contribution in [2.75, 3.05) is 23.3 Å². The van der Waals surface area contributed by atoms with Crippen molar-refractivity contribution in [3.05, 3.63) is 71.3 Å². The van der Waals surface area contributed by atoms with Gasteiger partial charge in [-0.25, -0.2) is 0 Å². The second-order valence-electron chi connectivity index (χ2n) is 8.06. The van der Waals surface area contributed by atoms with Gasteiger partial charge in [0.1, 0.15) is 5.52 Å². The fourth-order valence-corrected chi connectivity index (χ4v) is 4.70. The van der Waals surface area contributed by atoms with E-state index in [2.05, 4.69) is 34.4 Å². The van der Waals surface area contributed by atoms with Gasteiger partial charge in [0.25, 0.3) is 0 Å². The number of anilines is 3. The first-order valence-corrected chi connectivity index (χ1v) is 10.4. The van der Waals surface area contributed by atoms with E-state index < -0.39 is 0 Å². The van der Waals surface area contributed by atoms with Crippen molar-refractivity contribution < 1.29 is 9.32 Å². The lowest BCUT2D eigenvalue weighted by Crippen LogP contribution is -2.19. The summed E-state index contributed by atoms with van der Waals surface area (Å²) >= 11 is 0. The van der Waals surface area contributed by atoms with Crippen molar-refractivity contribution in [1.29, 1.82) is 0 Å². The van der Waals surface area contributed by atoms with Gasteiger partial charge in [-0.2, -0.15) is 0 Å². The van der Waals surface area contributed by atoms with Crippen LogP contribution in [0.15, 0.2) is 59.1 Å². The van der Waals surface area contributed by atoms with E-state index in [0.717, 1.165) is 65.0 Å². The van der Waals surface area contributed by atoms with Gasteiger partial charge in [0.05, 0.1) is 22.3 Å². The van der Waals surface area contributed by atoms with Gasteiger partial charge in [0.2, 0.25) is 0 Å². The molecule has 0 saturated carbocycles. The van der Waals surface area contributed by atoms with Gasteiger partial charge in [-0.15, -0.1) is 0 Å². The number of hydrogen-bond donors (Lipinski definition) is 1. The maximum Gasteiger partial charge on any atom is 0.196 e. The minimum Gasteiger partial charge on any atom is -0.370 e. The number of ketones is 1. The number of carbonyl (C=O) groups is 1. The first-order chi connectivity index (χ1) is 14.7. The van der Waals surface area contributed by atoms with Gasteiger partial charge >= 0.3 is 0 Å². The van der Waals surface area contributed by atoms with Crippen molar-refractivity contribution in [3.63, 3.8) is 0 Å². The third-order valence-corrected chi connectivity index (χ3v) is 6.24. The Kier molecular flexibility index (Phi) is 3.72. The highest BCUT2D eigenvalue weighted by Gasteiger charge is 2.34. The Hall–Kier alpha value is -3.60. The third-order valence-electron chi connectivity index (χ3n) is 6.24. The molecule has 5 heteroatoms. The van der Waals surface area contributed by atoms with E-state index in [1.165, 1.54) is 0 Å². The summed E-state index contributed by atoms with van der Waals surface area (Å²) in [6, 6.07) is 17.8. The van der Waals surface area contributed by atoms with E-state index in [1.807, 2.05) is 42.5 Å². The van der Waals surface area contributed by atoms with E-state index in [0.29, 0.717) is 16.9 Å². The van der Waals surface area contributed by atoms with Gasteiger partial charge in [0.15, 0.2) is 11.5 Å². The summed E-state index contributed by atoms with van der Waals surface area (Å²) in [5, 5.41) is 8.80. The minimum absolute atomic E-state index is 0.00959. The van der Waals surface area contributed by atoms with Crippen LogP contribution in [0.2, 0.25) is 0 Å². The number of aromatic nitrogens is 1. The molecule has 1 aromatic heterocycles. The van der Waals surface area contributed by atoms with Crippen LogP contribution in [-0.4, -0.2) is 24.0 Å². The molecule has 0 bridgehead atoms. The maximum absolute atomic E-state index is 13.6. The molecule has 0 amide bonds. The number of benzene rings is 3. The Morgan fingerprint density at radius 3 is 2.50 bits per heavy atom. The Morgan fingerprint density at radius 2 is 1.70 bits per heavy atom. The van der Waals surface area contributed by atoms with Gasteiger partial charge in [-0.05, 0) is 37.5 Å². The normalized spacial score (nSPS) is 15.0.